The van der Waals surface area contributed by atoms with Crippen LogP contribution in [0.1, 0.15) is 18.1 Å². The van der Waals surface area contributed by atoms with Gasteiger partial charge in [0.1, 0.15) is 17.2 Å². The summed E-state index contributed by atoms with van der Waals surface area (Å²) in [6.07, 6.45) is 3.27. The number of methoxy groups -OCH3 is 1. The standard InChI is InChI=1S/C25H23N3O4/c1-3-32-21-10-6-19(7-11-21)27-23-22(18-4-8-20(31-2)9-5-18)24(29)28(25(23)30)16-17-12-14-26-15-13-17/h4-15,27H,3,16H2,1-2H3. The van der Waals surface area contributed by atoms with Gasteiger partial charge in [-0.25, -0.2) is 0 Å². The second-order valence-corrected chi connectivity index (χ2v) is 7.11. The summed E-state index contributed by atoms with van der Waals surface area (Å²) in [5.41, 5.74) is 2.69. The van der Waals surface area contributed by atoms with E-state index in [0.717, 1.165) is 11.3 Å². The fourth-order valence-electron chi connectivity index (χ4n) is 3.48. The largest absolute Gasteiger partial charge is 0.497 e. The van der Waals surface area contributed by atoms with Crippen molar-refractivity contribution >= 4 is 23.1 Å². The summed E-state index contributed by atoms with van der Waals surface area (Å²) in [6.45, 7) is 2.64. The molecule has 0 aliphatic carbocycles. The number of anilines is 1. The number of pyridine rings is 1. The molecule has 1 N–H and O–H groups in total. The minimum Gasteiger partial charge on any atom is -0.497 e. The van der Waals surface area contributed by atoms with E-state index in [9.17, 15) is 9.59 Å². The van der Waals surface area contributed by atoms with Crippen molar-refractivity contribution in [1.82, 2.24) is 9.88 Å². The third-order valence-electron chi connectivity index (χ3n) is 5.07. The average molecular weight is 429 g/mol. The fraction of sp³-hybridized carbons (Fsp3) is 0.160. The molecule has 7 nitrogen and oxygen atoms in total. The van der Waals surface area contributed by atoms with Gasteiger partial charge >= 0.3 is 0 Å². The monoisotopic (exact) mass is 429 g/mol. The zero-order chi connectivity index (χ0) is 22.5. The van der Waals surface area contributed by atoms with E-state index < -0.39 is 0 Å². The highest BCUT2D eigenvalue weighted by Gasteiger charge is 2.39. The first kappa shape index (κ1) is 21.1. The number of carbonyl (C=O) groups excluding carboxylic acids is 2. The molecule has 32 heavy (non-hydrogen) atoms. The van der Waals surface area contributed by atoms with E-state index in [2.05, 4.69) is 10.3 Å². The maximum Gasteiger partial charge on any atom is 0.278 e. The van der Waals surface area contributed by atoms with Gasteiger partial charge in [0.15, 0.2) is 0 Å². The van der Waals surface area contributed by atoms with Crippen LogP contribution in [0.25, 0.3) is 5.57 Å². The summed E-state index contributed by atoms with van der Waals surface area (Å²) < 4.78 is 10.7. The second-order valence-electron chi connectivity index (χ2n) is 7.11. The van der Waals surface area contributed by atoms with E-state index in [1.807, 2.05) is 31.2 Å². The number of aromatic nitrogens is 1. The topological polar surface area (TPSA) is 80.8 Å². The minimum atomic E-state index is -0.383. The Bertz CT molecular complexity index is 1140. The normalized spacial score (nSPS) is 13.5. The quantitative estimate of drug-likeness (QED) is 0.548. The molecule has 1 aliphatic heterocycles. The number of benzene rings is 2. The molecule has 2 aromatic carbocycles. The van der Waals surface area contributed by atoms with Crippen LogP contribution in [0.15, 0.2) is 78.8 Å². The lowest BCUT2D eigenvalue weighted by atomic mass is 10.0. The molecule has 1 aliphatic rings. The lowest BCUT2D eigenvalue weighted by Crippen LogP contribution is -2.32. The molecular formula is C25H23N3O4. The number of hydrogen-bond acceptors (Lipinski definition) is 6. The minimum absolute atomic E-state index is 0.161. The van der Waals surface area contributed by atoms with Gasteiger partial charge < -0.3 is 14.8 Å². The van der Waals surface area contributed by atoms with Crippen LogP contribution in [-0.2, 0) is 16.1 Å². The SMILES string of the molecule is CCOc1ccc(NC2=C(c3ccc(OC)cc3)C(=O)N(Cc3ccncc3)C2=O)cc1. The van der Waals surface area contributed by atoms with Crippen LogP contribution in [0.2, 0.25) is 0 Å². The van der Waals surface area contributed by atoms with Crippen molar-refractivity contribution in [1.29, 1.82) is 0 Å². The van der Waals surface area contributed by atoms with Crippen molar-refractivity contribution < 1.29 is 19.1 Å². The molecule has 0 radical (unpaired) electrons. The Morgan fingerprint density at radius 3 is 2.16 bits per heavy atom. The van der Waals surface area contributed by atoms with Crippen LogP contribution in [0.4, 0.5) is 5.69 Å². The number of imide groups is 1. The van der Waals surface area contributed by atoms with Gasteiger partial charge in [0.05, 0.1) is 25.8 Å². The van der Waals surface area contributed by atoms with Crippen molar-refractivity contribution in [3.63, 3.8) is 0 Å². The lowest BCUT2D eigenvalue weighted by Gasteiger charge is -2.15. The van der Waals surface area contributed by atoms with Crippen molar-refractivity contribution in [2.75, 3.05) is 19.0 Å². The van der Waals surface area contributed by atoms with Crippen LogP contribution >= 0.6 is 0 Å². The zero-order valence-corrected chi connectivity index (χ0v) is 17.9. The van der Waals surface area contributed by atoms with Gasteiger partial charge in [-0.2, -0.15) is 0 Å². The van der Waals surface area contributed by atoms with Gasteiger partial charge in [0.2, 0.25) is 0 Å². The molecule has 1 aromatic heterocycles. The van der Waals surface area contributed by atoms with Crippen LogP contribution < -0.4 is 14.8 Å². The second kappa shape index (κ2) is 9.34. The number of carbonyl (C=O) groups is 2. The van der Waals surface area contributed by atoms with Crippen LogP contribution in [0.3, 0.4) is 0 Å². The van der Waals surface area contributed by atoms with Crippen LogP contribution in [0, 0.1) is 0 Å². The maximum absolute atomic E-state index is 13.4. The molecule has 162 valence electrons. The molecule has 2 amide bonds. The molecule has 7 heteroatoms. The number of nitrogens with zero attached hydrogens (tertiary/aromatic N) is 2. The summed E-state index contributed by atoms with van der Waals surface area (Å²) in [6, 6.07) is 17.9. The predicted molar refractivity (Wildman–Crippen MR) is 121 cm³/mol. The van der Waals surface area contributed by atoms with E-state index in [1.165, 1.54) is 4.90 Å². The highest BCUT2D eigenvalue weighted by molar-refractivity contribution is 6.36. The van der Waals surface area contributed by atoms with Gasteiger partial charge in [-0.3, -0.25) is 19.5 Å². The Kier molecular flexibility index (Phi) is 6.17. The Morgan fingerprint density at radius 1 is 0.875 bits per heavy atom. The highest BCUT2D eigenvalue weighted by atomic mass is 16.5. The maximum atomic E-state index is 13.4. The molecule has 0 fully saturated rings. The Morgan fingerprint density at radius 2 is 1.53 bits per heavy atom. The van der Waals surface area contributed by atoms with Gasteiger partial charge in [-0.1, -0.05) is 12.1 Å². The summed E-state index contributed by atoms with van der Waals surface area (Å²) in [7, 11) is 1.58. The number of amides is 2. The number of rotatable bonds is 8. The third-order valence-corrected chi connectivity index (χ3v) is 5.07. The third kappa shape index (κ3) is 4.32. The van der Waals surface area contributed by atoms with Crippen LogP contribution in [0.5, 0.6) is 11.5 Å². The smallest absolute Gasteiger partial charge is 0.278 e. The van der Waals surface area contributed by atoms with Crippen molar-refractivity contribution in [3.8, 4) is 11.5 Å². The van der Waals surface area contributed by atoms with E-state index in [4.69, 9.17) is 9.47 Å². The molecule has 0 unspecified atom stereocenters. The molecule has 2 heterocycles. The summed E-state index contributed by atoms with van der Waals surface area (Å²) in [4.78, 5) is 31.9. The molecular weight excluding hydrogens is 406 g/mol. The Labute approximate surface area is 186 Å². The first-order chi connectivity index (χ1) is 15.6. The average Bonchev–Trinajstić information content (AvgIpc) is 3.05. The molecule has 3 aromatic rings. The van der Waals surface area contributed by atoms with Gasteiger partial charge in [-0.05, 0) is 66.6 Å². The summed E-state index contributed by atoms with van der Waals surface area (Å²) in [5, 5.41) is 3.15. The molecule has 0 atom stereocenters. The lowest BCUT2D eigenvalue weighted by molar-refractivity contribution is -0.137. The van der Waals surface area contributed by atoms with Gasteiger partial charge in [0, 0.05) is 18.1 Å². The molecule has 0 bridgehead atoms. The summed E-state index contributed by atoms with van der Waals surface area (Å²) >= 11 is 0. The van der Waals surface area contributed by atoms with Gasteiger partial charge in [-0.15, -0.1) is 0 Å². The Hall–Kier alpha value is -4.13. The summed E-state index contributed by atoms with van der Waals surface area (Å²) in [5.74, 6) is 0.660. The first-order valence-corrected chi connectivity index (χ1v) is 10.2. The fourth-order valence-corrected chi connectivity index (χ4v) is 3.48. The molecule has 0 spiro atoms. The van der Waals surface area contributed by atoms with Crippen molar-refractivity contribution in [3.05, 3.63) is 89.9 Å². The van der Waals surface area contributed by atoms with E-state index in [0.29, 0.717) is 29.2 Å². The van der Waals surface area contributed by atoms with E-state index >= 15 is 0 Å². The van der Waals surface area contributed by atoms with Crippen LogP contribution in [-0.4, -0.2) is 35.4 Å². The van der Waals surface area contributed by atoms with E-state index in [1.54, 1.807) is 55.9 Å². The van der Waals surface area contributed by atoms with Gasteiger partial charge in [0.25, 0.3) is 11.8 Å². The number of ether oxygens (including phenoxy) is 2. The Balaban J connectivity index is 1.69. The highest BCUT2D eigenvalue weighted by Crippen LogP contribution is 2.32. The van der Waals surface area contributed by atoms with Crippen molar-refractivity contribution in [2.45, 2.75) is 13.5 Å². The molecule has 4 rings (SSSR count). The molecule has 0 saturated carbocycles. The number of hydrogen-bond donors (Lipinski definition) is 1. The van der Waals surface area contributed by atoms with Crippen molar-refractivity contribution in [2.24, 2.45) is 0 Å². The number of nitrogens with one attached hydrogen (secondary N) is 1. The predicted octanol–water partition coefficient (Wildman–Crippen LogP) is 3.88. The first-order valence-electron chi connectivity index (χ1n) is 10.2. The van der Waals surface area contributed by atoms with E-state index in [-0.39, 0.29) is 24.1 Å². The zero-order valence-electron chi connectivity index (χ0n) is 17.9. The molecule has 0 saturated heterocycles.